The number of likely N-dealkylation sites (N-methyl/N-ethyl adjacent to an activating group) is 1. The summed E-state index contributed by atoms with van der Waals surface area (Å²) in [7, 11) is 0. The van der Waals surface area contributed by atoms with Gasteiger partial charge in [-0.25, -0.2) is 4.79 Å². The van der Waals surface area contributed by atoms with Gasteiger partial charge in [-0.1, -0.05) is 13.8 Å². The van der Waals surface area contributed by atoms with Crippen LogP contribution in [0.5, 0.6) is 0 Å². The first kappa shape index (κ1) is 20.7. The average molecular weight is 341 g/mol. The van der Waals surface area contributed by atoms with E-state index < -0.39 is 11.6 Å². The second-order valence-electron chi connectivity index (χ2n) is 7.97. The Morgan fingerprint density at radius 2 is 1.92 bits per heavy atom. The summed E-state index contributed by atoms with van der Waals surface area (Å²) in [4.78, 5) is 28.6. The van der Waals surface area contributed by atoms with Gasteiger partial charge in [-0.3, -0.25) is 4.79 Å². The second kappa shape index (κ2) is 8.70. The van der Waals surface area contributed by atoms with Gasteiger partial charge in [0, 0.05) is 19.6 Å². The van der Waals surface area contributed by atoms with Gasteiger partial charge in [-0.05, 0) is 52.9 Å². The van der Waals surface area contributed by atoms with Crippen molar-refractivity contribution >= 4 is 12.0 Å². The van der Waals surface area contributed by atoms with Crippen LogP contribution in [0.1, 0.15) is 60.8 Å². The fraction of sp³-hybridized carbons (Fsp3) is 0.889. The van der Waals surface area contributed by atoms with E-state index in [1.165, 1.54) is 0 Å². The molecule has 0 aliphatic carbocycles. The first-order valence-electron chi connectivity index (χ1n) is 9.10. The predicted octanol–water partition coefficient (Wildman–Crippen LogP) is 2.61. The zero-order valence-corrected chi connectivity index (χ0v) is 16.2. The highest BCUT2D eigenvalue weighted by molar-refractivity contribution is 5.82. The number of likely N-dealkylation sites (tertiary alicyclic amines) is 1. The fourth-order valence-electron chi connectivity index (χ4n) is 2.88. The van der Waals surface area contributed by atoms with Crippen molar-refractivity contribution in [2.45, 2.75) is 78.5 Å². The van der Waals surface area contributed by atoms with Crippen molar-refractivity contribution in [1.29, 1.82) is 0 Å². The molecule has 0 saturated carbocycles. The van der Waals surface area contributed by atoms with Crippen molar-refractivity contribution in [3.63, 3.8) is 0 Å². The third-order valence-corrected chi connectivity index (χ3v) is 4.38. The maximum atomic E-state index is 12.6. The van der Waals surface area contributed by atoms with Gasteiger partial charge in [0.05, 0.1) is 12.1 Å². The van der Waals surface area contributed by atoms with Crippen LogP contribution >= 0.6 is 0 Å². The number of hydrogen-bond acceptors (Lipinski definition) is 4. The van der Waals surface area contributed by atoms with Crippen LogP contribution in [0.3, 0.4) is 0 Å². The Balaban J connectivity index is 2.80. The number of piperidine rings is 1. The summed E-state index contributed by atoms with van der Waals surface area (Å²) in [6, 6.07) is -0.500. The molecule has 0 aromatic carbocycles. The highest BCUT2D eigenvalue weighted by Gasteiger charge is 2.33. The van der Waals surface area contributed by atoms with E-state index in [-0.39, 0.29) is 24.0 Å². The van der Waals surface area contributed by atoms with Crippen molar-refractivity contribution in [2.24, 2.45) is 11.7 Å². The Bertz CT molecular complexity index is 432. The maximum absolute atomic E-state index is 12.6. The first-order chi connectivity index (χ1) is 11.1. The average Bonchev–Trinajstić information content (AvgIpc) is 2.49. The summed E-state index contributed by atoms with van der Waals surface area (Å²) in [6.45, 7) is 13.3. The molecule has 6 nitrogen and oxygen atoms in total. The van der Waals surface area contributed by atoms with Crippen molar-refractivity contribution in [3.8, 4) is 0 Å². The quantitative estimate of drug-likeness (QED) is 0.834. The molecular formula is C18H35N3O3. The van der Waals surface area contributed by atoms with E-state index in [1.807, 2.05) is 41.5 Å². The summed E-state index contributed by atoms with van der Waals surface area (Å²) >= 11 is 0. The van der Waals surface area contributed by atoms with E-state index in [2.05, 4.69) is 0 Å². The molecular weight excluding hydrogens is 306 g/mol. The number of ether oxygens (including phenoxy) is 1. The van der Waals surface area contributed by atoms with Crippen LogP contribution in [0.25, 0.3) is 0 Å². The van der Waals surface area contributed by atoms with Gasteiger partial charge in [0.15, 0.2) is 0 Å². The van der Waals surface area contributed by atoms with E-state index in [9.17, 15) is 9.59 Å². The molecule has 0 aromatic heterocycles. The number of nitrogens with zero attached hydrogens (tertiary/aromatic N) is 2. The molecule has 24 heavy (non-hydrogen) atoms. The smallest absolute Gasteiger partial charge is 0.410 e. The van der Waals surface area contributed by atoms with E-state index in [1.54, 1.807) is 9.80 Å². The van der Waals surface area contributed by atoms with Crippen molar-refractivity contribution in [1.82, 2.24) is 9.80 Å². The van der Waals surface area contributed by atoms with Gasteiger partial charge >= 0.3 is 6.09 Å². The molecule has 6 heteroatoms. The molecule has 2 amide bonds. The Morgan fingerprint density at radius 1 is 1.29 bits per heavy atom. The lowest BCUT2D eigenvalue weighted by Gasteiger charge is -2.39. The summed E-state index contributed by atoms with van der Waals surface area (Å²) in [5.41, 5.74) is 5.51. The molecule has 1 heterocycles. The van der Waals surface area contributed by atoms with E-state index >= 15 is 0 Å². The molecule has 2 N–H and O–H groups in total. The maximum Gasteiger partial charge on any atom is 0.410 e. The lowest BCUT2D eigenvalue weighted by atomic mass is 10.0. The minimum Gasteiger partial charge on any atom is -0.444 e. The number of nitrogens with two attached hydrogens (primary N) is 1. The third-order valence-electron chi connectivity index (χ3n) is 4.38. The van der Waals surface area contributed by atoms with Gasteiger partial charge < -0.3 is 20.3 Å². The number of amides is 2. The first-order valence-corrected chi connectivity index (χ1v) is 9.10. The van der Waals surface area contributed by atoms with Crippen LogP contribution in [0, 0.1) is 5.92 Å². The zero-order chi connectivity index (χ0) is 18.5. The molecule has 1 saturated heterocycles. The summed E-state index contributed by atoms with van der Waals surface area (Å²) in [5, 5.41) is 0. The van der Waals surface area contributed by atoms with Crippen LogP contribution in [-0.4, -0.2) is 59.1 Å². The number of carbonyl (C=O) groups excluding carboxylic acids is 2. The van der Waals surface area contributed by atoms with Crippen molar-refractivity contribution in [3.05, 3.63) is 0 Å². The number of rotatable bonds is 5. The largest absolute Gasteiger partial charge is 0.444 e. The monoisotopic (exact) mass is 341 g/mol. The minimum atomic E-state index is -0.515. The van der Waals surface area contributed by atoms with E-state index in [0.29, 0.717) is 19.6 Å². The molecule has 0 bridgehead atoms. The molecule has 0 aromatic rings. The Kier molecular flexibility index (Phi) is 7.52. The van der Waals surface area contributed by atoms with Gasteiger partial charge in [0.1, 0.15) is 5.60 Å². The molecule has 0 spiro atoms. The minimum absolute atomic E-state index is 0.00291. The highest BCUT2D eigenvalue weighted by atomic mass is 16.6. The molecule has 1 rings (SSSR count). The second-order valence-corrected chi connectivity index (χ2v) is 7.97. The van der Waals surface area contributed by atoms with Gasteiger partial charge in [-0.2, -0.15) is 0 Å². The highest BCUT2D eigenvalue weighted by Crippen LogP contribution is 2.21. The standard InChI is InChI=1S/C18H35N3O3/c1-7-20(16(22)15(19)13(2)3)12-14-10-8-9-11-21(14)17(23)24-18(4,5)6/h13-15H,7-12,19H2,1-6H3/t14?,15-/m0/s1. The SMILES string of the molecule is CCN(CC1CCCCN1C(=O)OC(C)(C)C)C(=O)[C@@H](N)C(C)C. The zero-order valence-electron chi connectivity index (χ0n) is 16.2. The fourth-order valence-corrected chi connectivity index (χ4v) is 2.88. The predicted molar refractivity (Wildman–Crippen MR) is 95.6 cm³/mol. The summed E-state index contributed by atoms with van der Waals surface area (Å²) in [5.74, 6) is 0.0575. The topological polar surface area (TPSA) is 75.9 Å². The number of hydrogen-bond donors (Lipinski definition) is 1. The molecule has 1 fully saturated rings. The Labute approximate surface area is 146 Å². The summed E-state index contributed by atoms with van der Waals surface area (Å²) < 4.78 is 5.53. The lowest BCUT2D eigenvalue weighted by Crippen LogP contribution is -2.54. The van der Waals surface area contributed by atoms with E-state index in [0.717, 1.165) is 19.3 Å². The molecule has 1 unspecified atom stereocenters. The Hall–Kier alpha value is -1.30. The normalized spacial score (nSPS) is 20.0. The van der Waals surface area contributed by atoms with Gasteiger partial charge in [0.2, 0.25) is 5.91 Å². The third kappa shape index (κ3) is 5.96. The summed E-state index contributed by atoms with van der Waals surface area (Å²) in [6.07, 6.45) is 2.64. The van der Waals surface area contributed by atoms with Crippen LogP contribution in [0.15, 0.2) is 0 Å². The van der Waals surface area contributed by atoms with Crippen molar-refractivity contribution < 1.29 is 14.3 Å². The van der Waals surface area contributed by atoms with Crippen LogP contribution < -0.4 is 5.73 Å². The van der Waals surface area contributed by atoms with Crippen molar-refractivity contribution in [2.75, 3.05) is 19.6 Å². The molecule has 2 atom stereocenters. The number of carbonyl (C=O) groups is 2. The van der Waals surface area contributed by atoms with Crippen LogP contribution in [0.2, 0.25) is 0 Å². The molecule has 1 aliphatic heterocycles. The van der Waals surface area contributed by atoms with E-state index in [4.69, 9.17) is 10.5 Å². The molecule has 0 radical (unpaired) electrons. The lowest BCUT2D eigenvalue weighted by molar-refractivity contribution is -0.134. The van der Waals surface area contributed by atoms with Crippen LogP contribution in [-0.2, 0) is 9.53 Å². The van der Waals surface area contributed by atoms with Gasteiger partial charge in [0.25, 0.3) is 0 Å². The molecule has 1 aliphatic rings. The Morgan fingerprint density at radius 3 is 2.42 bits per heavy atom. The van der Waals surface area contributed by atoms with Crippen LogP contribution in [0.4, 0.5) is 4.79 Å². The molecule has 140 valence electrons. The van der Waals surface area contributed by atoms with Gasteiger partial charge in [-0.15, -0.1) is 0 Å².